The molecule has 3 aliphatic heterocycles. The Labute approximate surface area is 222 Å². The first-order valence-corrected chi connectivity index (χ1v) is 13.1. The van der Waals surface area contributed by atoms with Crippen molar-refractivity contribution < 1.29 is 29.0 Å². The quantitative estimate of drug-likeness (QED) is 0.348. The molecule has 2 amide bonds. The van der Waals surface area contributed by atoms with E-state index in [1.165, 1.54) is 15.9 Å². The summed E-state index contributed by atoms with van der Waals surface area (Å²) in [7, 11) is 0. The molecule has 2 bridgehead atoms. The van der Waals surface area contributed by atoms with E-state index >= 15 is 0 Å². The van der Waals surface area contributed by atoms with Crippen molar-refractivity contribution in [2.45, 2.75) is 56.9 Å². The normalized spacial score (nSPS) is 28.8. The van der Waals surface area contributed by atoms with Gasteiger partial charge in [-0.3, -0.25) is 14.4 Å². The summed E-state index contributed by atoms with van der Waals surface area (Å²) in [6.07, 6.45) is 4.00. The van der Waals surface area contributed by atoms with Crippen molar-refractivity contribution in [2.75, 3.05) is 24.7 Å². The van der Waals surface area contributed by atoms with Crippen molar-refractivity contribution in [1.82, 2.24) is 4.90 Å². The molecule has 9 heteroatoms. The molecule has 3 saturated heterocycles. The van der Waals surface area contributed by atoms with Gasteiger partial charge in [-0.2, -0.15) is 0 Å². The summed E-state index contributed by atoms with van der Waals surface area (Å²) < 4.78 is 11.8. The zero-order valence-electron chi connectivity index (χ0n) is 21.3. The second-order valence-electron chi connectivity index (χ2n) is 10.4. The van der Waals surface area contributed by atoms with E-state index in [0.29, 0.717) is 30.0 Å². The van der Waals surface area contributed by atoms with E-state index in [-0.39, 0.29) is 37.5 Å². The zero-order chi connectivity index (χ0) is 26.9. The van der Waals surface area contributed by atoms with Crippen molar-refractivity contribution in [3.8, 4) is 0 Å². The number of fused-ring (bicyclic) bond motifs is 1. The molecule has 1 aromatic rings. The van der Waals surface area contributed by atoms with Crippen molar-refractivity contribution >= 4 is 35.1 Å². The van der Waals surface area contributed by atoms with E-state index in [1.807, 2.05) is 13.8 Å². The number of amides is 2. The molecule has 3 aliphatic rings. The Kier molecular flexibility index (Phi) is 8.11. The molecule has 1 N–H and O–H groups in total. The van der Waals surface area contributed by atoms with Gasteiger partial charge in [-0.05, 0) is 37.3 Å². The minimum absolute atomic E-state index is 0.0221. The lowest BCUT2D eigenvalue weighted by Gasteiger charge is -2.39. The Morgan fingerprint density at radius 2 is 2.05 bits per heavy atom. The predicted molar refractivity (Wildman–Crippen MR) is 140 cm³/mol. The highest BCUT2D eigenvalue weighted by molar-refractivity contribution is 6.34. The topological polar surface area (TPSA) is 96.4 Å². The van der Waals surface area contributed by atoms with Gasteiger partial charge in [-0.25, -0.2) is 0 Å². The molecule has 1 aromatic carbocycles. The van der Waals surface area contributed by atoms with E-state index in [9.17, 15) is 19.5 Å². The largest absolute Gasteiger partial charge is 0.461 e. The first kappa shape index (κ1) is 27.4. The lowest BCUT2D eigenvalue weighted by atomic mass is 9.70. The van der Waals surface area contributed by atoms with Gasteiger partial charge in [0.1, 0.15) is 18.2 Å². The number of esters is 1. The molecule has 3 heterocycles. The molecule has 0 saturated carbocycles. The second-order valence-corrected chi connectivity index (χ2v) is 10.8. The van der Waals surface area contributed by atoms with Gasteiger partial charge in [-0.15, -0.1) is 6.58 Å². The number of carbonyl (C=O) groups excluding carboxylic acids is 3. The molecule has 8 nitrogen and oxygen atoms in total. The Morgan fingerprint density at radius 1 is 1.32 bits per heavy atom. The van der Waals surface area contributed by atoms with Gasteiger partial charge in [0.15, 0.2) is 0 Å². The average molecular weight is 531 g/mol. The molecule has 37 heavy (non-hydrogen) atoms. The maximum Gasteiger partial charge on any atom is 0.312 e. The zero-order valence-corrected chi connectivity index (χ0v) is 22.1. The van der Waals surface area contributed by atoms with Gasteiger partial charge >= 0.3 is 5.97 Å². The Balaban J connectivity index is 1.82. The van der Waals surface area contributed by atoms with Gasteiger partial charge in [-0.1, -0.05) is 56.3 Å². The number of halogens is 1. The molecule has 4 rings (SSSR count). The number of hydrogen-bond donors (Lipinski definition) is 1. The number of rotatable bonds is 11. The number of likely N-dealkylation sites (tertiary alicyclic amines) is 1. The minimum Gasteiger partial charge on any atom is -0.461 e. The van der Waals surface area contributed by atoms with Gasteiger partial charge in [0.2, 0.25) is 5.91 Å². The molecule has 200 valence electrons. The van der Waals surface area contributed by atoms with Crippen LogP contribution < -0.4 is 4.90 Å². The third kappa shape index (κ3) is 4.60. The smallest absolute Gasteiger partial charge is 0.312 e. The summed E-state index contributed by atoms with van der Waals surface area (Å²) in [5, 5.41) is 10.8. The molecule has 6 atom stereocenters. The summed E-state index contributed by atoms with van der Waals surface area (Å²) in [6, 6.07) is 5.32. The fourth-order valence-electron chi connectivity index (χ4n) is 6.34. The third-order valence-corrected chi connectivity index (χ3v) is 7.98. The van der Waals surface area contributed by atoms with Crippen LogP contribution in [0.1, 0.15) is 33.1 Å². The van der Waals surface area contributed by atoms with E-state index in [1.54, 1.807) is 30.3 Å². The van der Waals surface area contributed by atoms with Gasteiger partial charge < -0.3 is 24.4 Å². The monoisotopic (exact) mass is 530 g/mol. The summed E-state index contributed by atoms with van der Waals surface area (Å²) in [6.45, 7) is 11.2. The number of para-hydroxylation sites is 1. The van der Waals surface area contributed by atoms with Crippen LogP contribution in [0.25, 0.3) is 0 Å². The first-order valence-electron chi connectivity index (χ1n) is 12.8. The lowest BCUT2D eigenvalue weighted by molar-refractivity contribution is -0.155. The van der Waals surface area contributed by atoms with Crippen molar-refractivity contribution in [1.29, 1.82) is 0 Å². The maximum absolute atomic E-state index is 14.5. The molecular formula is C28H35ClN2O6. The summed E-state index contributed by atoms with van der Waals surface area (Å²) in [4.78, 5) is 44.7. The minimum atomic E-state index is -1.21. The van der Waals surface area contributed by atoms with Crippen LogP contribution in [-0.2, 0) is 23.9 Å². The van der Waals surface area contributed by atoms with Crippen LogP contribution in [0.2, 0.25) is 5.02 Å². The third-order valence-electron chi connectivity index (χ3n) is 7.66. The standard InChI is InChI=1S/C28H35ClN2O6/c1-5-13-30(20-10-8-7-9-19(20)29)26(34)24-28-12-11-21(37-28)22(27(35)36-14-6-2)23(28)25(33)31(24)18(16-32)15-17(3)4/h5-10,17-18,21-24,32H,1-2,11-16H2,3-4H3/t18-,21-,22+,23+,24?,28?/m1/s1. The number of aliphatic hydroxyl groups excluding tert-OH is 1. The summed E-state index contributed by atoms with van der Waals surface area (Å²) >= 11 is 6.48. The van der Waals surface area contributed by atoms with Gasteiger partial charge in [0, 0.05) is 6.54 Å². The molecule has 0 aliphatic carbocycles. The molecule has 1 spiro atoms. The summed E-state index contributed by atoms with van der Waals surface area (Å²) in [5.74, 6) is -2.83. The Morgan fingerprint density at radius 3 is 2.68 bits per heavy atom. The predicted octanol–water partition coefficient (Wildman–Crippen LogP) is 3.37. The van der Waals surface area contributed by atoms with Crippen LogP contribution in [0.15, 0.2) is 49.6 Å². The van der Waals surface area contributed by atoms with E-state index < -0.39 is 41.6 Å². The lowest BCUT2D eigenvalue weighted by Crippen LogP contribution is -2.59. The number of hydrogen-bond acceptors (Lipinski definition) is 6. The van der Waals surface area contributed by atoms with Crippen molar-refractivity contribution in [3.63, 3.8) is 0 Å². The Hall–Kier alpha value is -2.68. The maximum atomic E-state index is 14.5. The highest BCUT2D eigenvalue weighted by Gasteiger charge is 2.75. The fraction of sp³-hybridized carbons (Fsp3) is 0.536. The van der Waals surface area contributed by atoms with Crippen LogP contribution in [-0.4, -0.2) is 71.3 Å². The van der Waals surface area contributed by atoms with E-state index in [4.69, 9.17) is 21.1 Å². The van der Waals surface area contributed by atoms with E-state index in [0.717, 1.165) is 0 Å². The second kappa shape index (κ2) is 11.0. The molecule has 3 fully saturated rings. The van der Waals surface area contributed by atoms with Gasteiger partial charge in [0.25, 0.3) is 5.91 Å². The summed E-state index contributed by atoms with van der Waals surface area (Å²) in [5.41, 5.74) is -0.720. The van der Waals surface area contributed by atoms with Crippen LogP contribution in [0.3, 0.4) is 0 Å². The van der Waals surface area contributed by atoms with Crippen molar-refractivity contribution in [3.05, 3.63) is 54.6 Å². The fourth-order valence-corrected chi connectivity index (χ4v) is 6.58. The molecular weight excluding hydrogens is 496 g/mol. The number of aliphatic hydroxyl groups is 1. The first-order chi connectivity index (χ1) is 17.7. The number of nitrogens with zero attached hydrogens (tertiary/aromatic N) is 2. The number of carbonyl (C=O) groups is 3. The average Bonchev–Trinajstić information content (AvgIpc) is 3.52. The highest BCUT2D eigenvalue weighted by Crippen LogP contribution is 2.59. The van der Waals surface area contributed by atoms with Crippen molar-refractivity contribution in [2.24, 2.45) is 17.8 Å². The molecule has 2 unspecified atom stereocenters. The number of benzene rings is 1. The molecule has 0 radical (unpaired) electrons. The number of ether oxygens (including phenoxy) is 2. The molecule has 0 aromatic heterocycles. The van der Waals surface area contributed by atoms with E-state index in [2.05, 4.69) is 13.2 Å². The SMILES string of the molecule is C=CCOC(=O)[C@@H]1[C@H]2C(=O)N([C@@H](CO)CC(C)C)C(C(=O)N(CC=C)c3ccccc3Cl)C23CC[C@H]1O3. The van der Waals surface area contributed by atoms with Crippen LogP contribution in [0.5, 0.6) is 0 Å². The van der Waals surface area contributed by atoms with Crippen LogP contribution >= 0.6 is 11.6 Å². The van der Waals surface area contributed by atoms with Crippen LogP contribution in [0.4, 0.5) is 5.69 Å². The Bertz CT molecular complexity index is 1080. The van der Waals surface area contributed by atoms with Crippen LogP contribution in [0, 0.1) is 17.8 Å². The highest BCUT2D eigenvalue weighted by atomic mass is 35.5. The van der Waals surface area contributed by atoms with Gasteiger partial charge in [0.05, 0.1) is 41.3 Å². The number of anilines is 1.